The van der Waals surface area contributed by atoms with Crippen molar-refractivity contribution < 1.29 is 23.9 Å². The van der Waals surface area contributed by atoms with Crippen molar-refractivity contribution in [2.24, 2.45) is 11.8 Å². The number of likely N-dealkylation sites (tertiary alicyclic amines) is 1. The van der Waals surface area contributed by atoms with Crippen LogP contribution in [0.2, 0.25) is 0 Å². The number of urea groups is 1. The van der Waals surface area contributed by atoms with Crippen LogP contribution < -0.4 is 0 Å². The van der Waals surface area contributed by atoms with Crippen LogP contribution in [-0.2, 0) is 19.1 Å². The van der Waals surface area contributed by atoms with Crippen LogP contribution in [0.1, 0.15) is 51.9 Å². The molecule has 1 unspecified atom stereocenters. The normalized spacial score (nSPS) is 25.4. The Morgan fingerprint density at radius 2 is 1.87 bits per heavy atom. The van der Waals surface area contributed by atoms with Crippen LogP contribution >= 0.6 is 0 Å². The number of carbonyl (C=O) groups excluding carboxylic acids is 3. The predicted molar refractivity (Wildman–Crippen MR) is 148 cm³/mol. The van der Waals surface area contributed by atoms with Gasteiger partial charge in [0.05, 0.1) is 6.54 Å². The van der Waals surface area contributed by atoms with Gasteiger partial charge in [0.2, 0.25) is 18.6 Å². The number of fused-ring (bicyclic) bond motifs is 1. The number of rotatable bonds is 13. The second-order valence-corrected chi connectivity index (χ2v) is 11.7. The molecule has 10 heteroatoms. The van der Waals surface area contributed by atoms with Crippen molar-refractivity contribution in [2.45, 2.75) is 57.9 Å². The summed E-state index contributed by atoms with van der Waals surface area (Å²) >= 11 is 0. The summed E-state index contributed by atoms with van der Waals surface area (Å²) in [5.74, 6) is 2.42. The smallest absolute Gasteiger partial charge is 0.326 e. The van der Waals surface area contributed by atoms with Crippen LogP contribution in [0.25, 0.3) is 0 Å². The van der Waals surface area contributed by atoms with E-state index >= 15 is 0 Å². The van der Waals surface area contributed by atoms with E-state index < -0.39 is 0 Å². The highest BCUT2D eigenvalue weighted by Gasteiger charge is 2.39. The summed E-state index contributed by atoms with van der Waals surface area (Å²) in [6, 6.07) is -0.0887. The summed E-state index contributed by atoms with van der Waals surface area (Å²) in [6.07, 6.45) is 10.2. The molecule has 0 radical (unpaired) electrons. The first-order valence-electron chi connectivity index (χ1n) is 14.7. The Morgan fingerprint density at radius 1 is 1.10 bits per heavy atom. The first kappa shape index (κ1) is 29.4. The second-order valence-electron chi connectivity index (χ2n) is 11.7. The van der Waals surface area contributed by atoms with Gasteiger partial charge in [-0.15, -0.1) is 0 Å². The lowest BCUT2D eigenvalue weighted by atomic mass is 9.84. The minimum absolute atomic E-state index is 0.102. The van der Waals surface area contributed by atoms with E-state index in [1.807, 2.05) is 4.90 Å². The Labute approximate surface area is 233 Å². The summed E-state index contributed by atoms with van der Waals surface area (Å²) < 4.78 is 11.2. The molecule has 4 rings (SSSR count). The van der Waals surface area contributed by atoms with E-state index in [4.69, 9.17) is 9.47 Å². The van der Waals surface area contributed by atoms with E-state index in [0.717, 1.165) is 69.8 Å². The molecule has 0 N–H and O–H groups in total. The monoisotopic (exact) mass is 545 g/mol. The molecule has 4 amide bonds. The van der Waals surface area contributed by atoms with Gasteiger partial charge in [-0.05, 0) is 76.7 Å². The van der Waals surface area contributed by atoms with E-state index in [1.165, 1.54) is 4.90 Å². The number of allylic oxidation sites excluding steroid dienone is 2. The standard InChI is InChI=1S/C29H47N5O5/c1-5-6-13-32(14-7-12-30(2)3)28(36)20-33-19-23(22-8-9-25-26(18-22)39-21-38-25)17-24(33)10-16-34-27(35)11-15-31(4)29(34)37/h9,18,22-24H,5-8,10-17,19-21H2,1-4H3/t22?,23-,24+/m1/s1. The fourth-order valence-electron chi connectivity index (χ4n) is 6.12. The Balaban J connectivity index is 1.44. The minimum Gasteiger partial charge on any atom is -0.454 e. The molecule has 3 heterocycles. The fraction of sp³-hybridized carbons (Fsp3) is 0.759. The molecule has 3 saturated heterocycles. The van der Waals surface area contributed by atoms with Gasteiger partial charge in [0.25, 0.3) is 0 Å². The third-order valence-corrected chi connectivity index (χ3v) is 8.49. The van der Waals surface area contributed by atoms with Gasteiger partial charge >= 0.3 is 6.03 Å². The number of unbranched alkanes of at least 4 members (excludes halogenated alkanes) is 1. The molecule has 3 aliphatic heterocycles. The zero-order valence-electron chi connectivity index (χ0n) is 24.3. The molecule has 3 atom stereocenters. The lowest BCUT2D eigenvalue weighted by molar-refractivity contribution is -0.133. The van der Waals surface area contributed by atoms with Crippen molar-refractivity contribution in [1.29, 1.82) is 0 Å². The van der Waals surface area contributed by atoms with E-state index in [0.29, 0.717) is 44.3 Å². The van der Waals surface area contributed by atoms with Gasteiger partial charge in [0.1, 0.15) is 0 Å². The maximum absolute atomic E-state index is 13.6. The van der Waals surface area contributed by atoms with Gasteiger partial charge in [0.15, 0.2) is 11.5 Å². The molecule has 0 aromatic heterocycles. The first-order chi connectivity index (χ1) is 18.8. The number of imide groups is 1. The number of hydrogen-bond donors (Lipinski definition) is 0. The lowest BCUT2D eigenvalue weighted by Gasteiger charge is -2.33. The third-order valence-electron chi connectivity index (χ3n) is 8.49. The number of carbonyl (C=O) groups is 3. The summed E-state index contributed by atoms with van der Waals surface area (Å²) in [7, 11) is 5.86. The van der Waals surface area contributed by atoms with Crippen molar-refractivity contribution in [3.05, 3.63) is 23.7 Å². The van der Waals surface area contributed by atoms with E-state index in [9.17, 15) is 14.4 Å². The van der Waals surface area contributed by atoms with Crippen LogP contribution in [0.5, 0.6) is 0 Å². The van der Waals surface area contributed by atoms with Crippen molar-refractivity contribution in [3.63, 3.8) is 0 Å². The van der Waals surface area contributed by atoms with Crippen molar-refractivity contribution in [2.75, 3.05) is 73.7 Å². The quantitative estimate of drug-likeness (QED) is 0.352. The topological polar surface area (TPSA) is 85.9 Å². The Bertz CT molecular complexity index is 950. The Hall–Kier alpha value is -2.59. The van der Waals surface area contributed by atoms with Crippen LogP contribution in [0.3, 0.4) is 0 Å². The summed E-state index contributed by atoms with van der Waals surface area (Å²) in [4.78, 5) is 48.3. The van der Waals surface area contributed by atoms with Gasteiger partial charge in [-0.3, -0.25) is 19.4 Å². The van der Waals surface area contributed by atoms with Gasteiger partial charge < -0.3 is 24.2 Å². The molecular formula is C29H47N5O5. The zero-order chi connectivity index (χ0) is 27.9. The van der Waals surface area contributed by atoms with E-state index in [2.05, 4.69) is 43.0 Å². The maximum Gasteiger partial charge on any atom is 0.326 e. The SMILES string of the molecule is CCCCN(CCCN(C)C)C(=O)CN1C[C@H](C2C=C3OCOC3=CC2)C[C@@H]1CCN1C(=O)CCN(C)C1=O. The van der Waals surface area contributed by atoms with Crippen LogP contribution in [0.4, 0.5) is 4.79 Å². The highest BCUT2D eigenvalue weighted by Crippen LogP contribution is 2.38. The summed E-state index contributed by atoms with van der Waals surface area (Å²) in [5, 5.41) is 0. The van der Waals surface area contributed by atoms with Crippen molar-refractivity contribution in [1.82, 2.24) is 24.5 Å². The molecule has 0 spiro atoms. The molecule has 39 heavy (non-hydrogen) atoms. The van der Waals surface area contributed by atoms with Gasteiger partial charge in [-0.1, -0.05) is 13.3 Å². The van der Waals surface area contributed by atoms with Gasteiger partial charge in [-0.25, -0.2) is 4.79 Å². The highest BCUT2D eigenvalue weighted by molar-refractivity contribution is 5.96. The number of nitrogens with zero attached hydrogens (tertiary/aromatic N) is 5. The number of amides is 4. The Kier molecular flexibility index (Phi) is 10.3. The number of ether oxygens (including phenoxy) is 2. The van der Waals surface area contributed by atoms with E-state index in [-0.39, 0.29) is 30.7 Å². The predicted octanol–water partition coefficient (Wildman–Crippen LogP) is 2.72. The average molecular weight is 546 g/mol. The van der Waals surface area contributed by atoms with Crippen LogP contribution in [0, 0.1) is 11.8 Å². The zero-order valence-corrected chi connectivity index (χ0v) is 24.3. The Morgan fingerprint density at radius 3 is 2.64 bits per heavy atom. The number of hydrogen-bond acceptors (Lipinski definition) is 7. The molecular weight excluding hydrogens is 498 g/mol. The third kappa shape index (κ3) is 7.54. The maximum atomic E-state index is 13.6. The molecule has 0 aromatic carbocycles. The van der Waals surface area contributed by atoms with Crippen LogP contribution in [-0.4, -0.2) is 122 Å². The van der Waals surface area contributed by atoms with Crippen LogP contribution in [0.15, 0.2) is 23.7 Å². The minimum atomic E-state index is -0.219. The summed E-state index contributed by atoms with van der Waals surface area (Å²) in [6.45, 7) is 6.98. The molecule has 0 saturated carbocycles. The van der Waals surface area contributed by atoms with Crippen molar-refractivity contribution in [3.8, 4) is 0 Å². The second kappa shape index (κ2) is 13.7. The molecule has 0 bridgehead atoms. The lowest BCUT2D eigenvalue weighted by Crippen LogP contribution is -2.51. The first-order valence-corrected chi connectivity index (χ1v) is 14.7. The molecule has 0 aromatic rings. The average Bonchev–Trinajstić information content (AvgIpc) is 3.54. The molecule has 1 aliphatic carbocycles. The van der Waals surface area contributed by atoms with Gasteiger partial charge in [0, 0.05) is 52.2 Å². The van der Waals surface area contributed by atoms with Crippen molar-refractivity contribution >= 4 is 17.8 Å². The highest BCUT2D eigenvalue weighted by atomic mass is 16.7. The molecule has 10 nitrogen and oxygen atoms in total. The van der Waals surface area contributed by atoms with E-state index in [1.54, 1.807) is 11.9 Å². The van der Waals surface area contributed by atoms with Gasteiger partial charge in [-0.2, -0.15) is 0 Å². The fourth-order valence-corrected chi connectivity index (χ4v) is 6.12. The molecule has 218 valence electrons. The molecule has 3 fully saturated rings. The largest absolute Gasteiger partial charge is 0.454 e. The summed E-state index contributed by atoms with van der Waals surface area (Å²) in [5.41, 5.74) is 0. The molecule has 4 aliphatic rings.